The van der Waals surface area contributed by atoms with E-state index in [0.717, 1.165) is 12.8 Å². The average molecular weight is 715 g/mol. The predicted molar refractivity (Wildman–Crippen MR) is 191 cm³/mol. The van der Waals surface area contributed by atoms with Crippen molar-refractivity contribution in [3.63, 3.8) is 0 Å². The number of phosphoric acid groups is 2. The fraction of sp³-hybridized carbons (Fsp3) is 0.971. The van der Waals surface area contributed by atoms with Crippen molar-refractivity contribution in [2.24, 2.45) is 5.90 Å². The second-order valence-electron chi connectivity index (χ2n) is 15.7. The predicted octanol–water partition coefficient (Wildman–Crippen LogP) is 10.2. The van der Waals surface area contributed by atoms with E-state index in [4.69, 9.17) is 19.5 Å². The first kappa shape index (κ1) is 46.6. The van der Waals surface area contributed by atoms with Crippen molar-refractivity contribution in [2.75, 3.05) is 0 Å². The molecule has 5 N–H and O–H groups in total. The molecule has 0 saturated heterocycles. The van der Waals surface area contributed by atoms with Gasteiger partial charge in [0.1, 0.15) is 0 Å². The van der Waals surface area contributed by atoms with Crippen LogP contribution in [0, 0.1) is 0 Å². The molecule has 0 fully saturated rings. The molecule has 0 aromatic rings. The summed E-state index contributed by atoms with van der Waals surface area (Å²) < 4.78 is 44.8. The average Bonchev–Trinajstić information content (AvgIpc) is 2.88. The molecule has 0 radical (unpaired) electrons. The van der Waals surface area contributed by atoms with Crippen molar-refractivity contribution in [2.45, 2.75) is 213 Å². The summed E-state index contributed by atoms with van der Waals surface area (Å²) in [6.07, 6.45) is 20.1. The molecule has 0 rings (SSSR count). The van der Waals surface area contributed by atoms with Crippen LogP contribution in [0.1, 0.15) is 191 Å². The number of nitrogens with one attached hydrogen (secondary N) is 1. The highest BCUT2D eigenvalue weighted by molar-refractivity contribution is 7.47. The molecule has 0 aromatic heterocycles. The van der Waals surface area contributed by atoms with Gasteiger partial charge in [0.05, 0.1) is 16.8 Å². The molecule has 13 heteroatoms. The quantitative estimate of drug-likeness (QED) is 0.0319. The van der Waals surface area contributed by atoms with Crippen LogP contribution in [-0.2, 0) is 32.1 Å². The zero-order valence-electron chi connectivity index (χ0n) is 31.4. The number of nitrogens with two attached hydrogens (primary N) is 1. The van der Waals surface area contributed by atoms with Crippen LogP contribution in [0.15, 0.2) is 0 Å². The monoisotopic (exact) mass is 714 g/mol. The number of hydrogen-bond donors (Lipinski definition) is 4. The van der Waals surface area contributed by atoms with Gasteiger partial charge in [0, 0.05) is 12.0 Å². The van der Waals surface area contributed by atoms with Crippen LogP contribution in [0.2, 0.25) is 0 Å². The molecule has 0 aliphatic rings. The standard InChI is InChI=1S/C34H72N2O9P2/c1-10-11-12-13-14-15-16-17-18-19-20-21-22-25-30(37)36-31(2,3)26-23-27-32(4,5)42-46(38,39)43-33(6,7)28-24-29-34(8,9)44-47(40,41)45-35/h10-29,35H2,1-9H3,(H,36,37)(H,38,39)(H,40,41). The van der Waals surface area contributed by atoms with Crippen LogP contribution in [0.5, 0.6) is 0 Å². The Hall–Kier alpha value is -0.350. The Labute approximate surface area is 287 Å². The topological polar surface area (TPSA) is 167 Å². The number of unbranched alkanes of at least 4 members (excludes halogenated alkanes) is 12. The van der Waals surface area contributed by atoms with E-state index in [1.807, 2.05) is 13.8 Å². The van der Waals surface area contributed by atoms with E-state index in [0.29, 0.717) is 44.9 Å². The van der Waals surface area contributed by atoms with Crippen molar-refractivity contribution in [3.8, 4) is 0 Å². The molecule has 0 aliphatic carbocycles. The zero-order chi connectivity index (χ0) is 36.3. The lowest BCUT2D eigenvalue weighted by molar-refractivity contribution is -0.122. The van der Waals surface area contributed by atoms with Gasteiger partial charge in [-0.2, -0.15) is 0 Å². The first-order chi connectivity index (χ1) is 21.6. The normalized spacial score (nSPS) is 15.7. The minimum atomic E-state index is -4.41. The van der Waals surface area contributed by atoms with Crippen LogP contribution in [0.25, 0.3) is 0 Å². The number of phosphoric ester groups is 2. The zero-order valence-corrected chi connectivity index (χ0v) is 33.2. The lowest BCUT2D eigenvalue weighted by Gasteiger charge is -2.34. The van der Waals surface area contributed by atoms with Crippen LogP contribution in [0.3, 0.4) is 0 Å². The van der Waals surface area contributed by atoms with Gasteiger partial charge in [0.2, 0.25) is 5.91 Å². The van der Waals surface area contributed by atoms with Crippen molar-refractivity contribution in [1.82, 2.24) is 5.32 Å². The van der Waals surface area contributed by atoms with E-state index >= 15 is 0 Å². The molecule has 0 aliphatic heterocycles. The number of carbonyl (C=O) groups is 1. The lowest BCUT2D eigenvalue weighted by Crippen LogP contribution is -2.43. The Morgan fingerprint density at radius 2 is 0.915 bits per heavy atom. The van der Waals surface area contributed by atoms with Crippen LogP contribution in [0.4, 0.5) is 0 Å². The maximum atomic E-state index is 12.9. The molecule has 0 heterocycles. The summed E-state index contributed by atoms with van der Waals surface area (Å²) in [7, 11) is -8.77. The molecule has 1 amide bonds. The van der Waals surface area contributed by atoms with E-state index < -0.39 is 38.0 Å². The van der Waals surface area contributed by atoms with Gasteiger partial charge in [0.15, 0.2) is 0 Å². The Bertz CT molecular complexity index is 958. The number of hydrogen-bond acceptors (Lipinski definition) is 8. The highest BCUT2D eigenvalue weighted by Crippen LogP contribution is 2.52. The Morgan fingerprint density at radius 1 is 0.574 bits per heavy atom. The van der Waals surface area contributed by atoms with E-state index in [2.05, 4.69) is 16.9 Å². The van der Waals surface area contributed by atoms with Gasteiger partial charge in [-0.3, -0.25) is 18.4 Å². The fourth-order valence-electron chi connectivity index (χ4n) is 5.82. The van der Waals surface area contributed by atoms with E-state index in [9.17, 15) is 23.7 Å². The summed E-state index contributed by atoms with van der Waals surface area (Å²) in [5.74, 6) is 4.87. The second-order valence-corrected chi connectivity index (χ2v) is 18.4. The first-order valence-electron chi connectivity index (χ1n) is 18.0. The third kappa shape index (κ3) is 27.1. The van der Waals surface area contributed by atoms with Crippen LogP contribution >= 0.6 is 15.6 Å². The SMILES string of the molecule is CCCCCCCCCCCCCCCC(=O)NC(C)(C)CCCC(C)(C)OP(=O)(O)OC(C)(C)CCCC(C)(C)OP(=O)(O)ON. The molecule has 2 atom stereocenters. The van der Waals surface area contributed by atoms with Gasteiger partial charge in [-0.15, -0.1) is 0 Å². The largest absolute Gasteiger partial charge is 0.489 e. The van der Waals surface area contributed by atoms with E-state index in [1.165, 1.54) is 70.6 Å². The molecule has 11 nitrogen and oxygen atoms in total. The maximum Gasteiger partial charge on any atom is 0.489 e. The second kappa shape index (κ2) is 22.5. The smallest absolute Gasteiger partial charge is 0.351 e. The van der Waals surface area contributed by atoms with Crippen LogP contribution in [-0.4, -0.2) is 38.0 Å². The van der Waals surface area contributed by atoms with Crippen molar-refractivity contribution < 1.29 is 41.9 Å². The molecule has 0 aromatic carbocycles. The van der Waals surface area contributed by atoms with Gasteiger partial charge in [-0.25, -0.2) is 19.7 Å². The minimum Gasteiger partial charge on any atom is -0.351 e. The number of amides is 1. The molecule has 282 valence electrons. The first-order valence-corrected chi connectivity index (χ1v) is 21.0. The third-order valence-corrected chi connectivity index (χ3v) is 10.8. The summed E-state index contributed by atoms with van der Waals surface area (Å²) in [4.78, 5) is 32.6. The highest BCUT2D eigenvalue weighted by atomic mass is 31.2. The third-order valence-electron chi connectivity index (χ3n) is 8.34. The Kier molecular flexibility index (Phi) is 22.3. The van der Waals surface area contributed by atoms with Gasteiger partial charge in [-0.1, -0.05) is 84.0 Å². The fourth-order valence-corrected chi connectivity index (χ4v) is 8.04. The summed E-state index contributed by atoms with van der Waals surface area (Å²) in [6, 6.07) is 0. The minimum absolute atomic E-state index is 0.0668. The molecule has 0 spiro atoms. The molecule has 47 heavy (non-hydrogen) atoms. The van der Waals surface area contributed by atoms with E-state index in [1.54, 1.807) is 41.5 Å². The molecule has 2 unspecified atom stereocenters. The van der Waals surface area contributed by atoms with Crippen molar-refractivity contribution in [1.29, 1.82) is 0 Å². The highest BCUT2D eigenvalue weighted by Gasteiger charge is 2.38. The van der Waals surface area contributed by atoms with E-state index in [-0.39, 0.29) is 5.91 Å². The molecular formula is C34H72N2O9P2. The molecule has 0 bridgehead atoms. The van der Waals surface area contributed by atoms with Crippen LogP contribution < -0.4 is 11.2 Å². The maximum absolute atomic E-state index is 12.9. The van der Waals surface area contributed by atoms with Gasteiger partial charge in [0.25, 0.3) is 0 Å². The Morgan fingerprint density at radius 3 is 1.30 bits per heavy atom. The molecular weight excluding hydrogens is 642 g/mol. The summed E-state index contributed by atoms with van der Waals surface area (Å²) in [6.45, 7) is 16.4. The molecule has 0 saturated carbocycles. The summed E-state index contributed by atoms with van der Waals surface area (Å²) in [5.41, 5.74) is -3.36. The van der Waals surface area contributed by atoms with Gasteiger partial charge < -0.3 is 15.1 Å². The van der Waals surface area contributed by atoms with Crippen molar-refractivity contribution >= 4 is 21.6 Å². The lowest BCUT2D eigenvalue weighted by atomic mass is 9.92. The number of rotatable bonds is 30. The summed E-state index contributed by atoms with van der Waals surface area (Å²) >= 11 is 0. The van der Waals surface area contributed by atoms with Gasteiger partial charge >= 0.3 is 15.6 Å². The Balaban J connectivity index is 4.34. The van der Waals surface area contributed by atoms with Crippen molar-refractivity contribution in [3.05, 3.63) is 0 Å². The van der Waals surface area contributed by atoms with Gasteiger partial charge in [-0.05, 0) is 100 Å². The summed E-state index contributed by atoms with van der Waals surface area (Å²) in [5, 5.41) is 3.15. The number of carbonyl (C=O) groups excluding carboxylic acids is 1.